The number of aromatic nitrogens is 2. The van der Waals surface area contributed by atoms with Crippen molar-refractivity contribution in [2.45, 2.75) is 38.8 Å². The number of hydrogen-bond acceptors (Lipinski definition) is 3. The van der Waals surface area contributed by atoms with Gasteiger partial charge < -0.3 is 15.0 Å². The van der Waals surface area contributed by atoms with Gasteiger partial charge in [0.2, 0.25) is 5.91 Å². The van der Waals surface area contributed by atoms with E-state index in [0.29, 0.717) is 27.7 Å². The van der Waals surface area contributed by atoms with Gasteiger partial charge in [0.1, 0.15) is 23.2 Å². The molecule has 0 fully saturated rings. The Hall–Kier alpha value is -4.59. The average Bonchev–Trinajstić information content (AvgIpc) is 3.29. The molecule has 1 amide bonds. The number of H-pyrrole nitrogens is 1. The van der Waals surface area contributed by atoms with Crippen LogP contribution < -0.4 is 10.1 Å². The number of carbonyl (C=O) groups excluding carboxylic acids is 1. The van der Waals surface area contributed by atoms with E-state index in [-0.39, 0.29) is 24.9 Å². The molecule has 1 unspecified atom stereocenters. The second-order valence-electron chi connectivity index (χ2n) is 9.91. The van der Waals surface area contributed by atoms with Crippen LogP contribution in [0.3, 0.4) is 0 Å². The maximum Gasteiger partial charge on any atom is 0.225 e. The number of benzene rings is 3. The van der Waals surface area contributed by atoms with E-state index >= 15 is 0 Å². The predicted molar refractivity (Wildman–Crippen MR) is 148 cm³/mol. The number of carbonyl (C=O) groups is 1. The van der Waals surface area contributed by atoms with Crippen LogP contribution in [0.2, 0.25) is 0 Å². The van der Waals surface area contributed by atoms with E-state index in [2.05, 4.69) is 15.3 Å². The van der Waals surface area contributed by atoms with Crippen molar-refractivity contribution in [1.82, 2.24) is 15.3 Å². The molecule has 2 aromatic heterocycles. The van der Waals surface area contributed by atoms with Gasteiger partial charge in [-0.15, -0.1) is 0 Å². The molecule has 8 heteroatoms. The van der Waals surface area contributed by atoms with Gasteiger partial charge in [-0.2, -0.15) is 0 Å². The van der Waals surface area contributed by atoms with Crippen LogP contribution in [0.5, 0.6) is 5.75 Å². The quantitative estimate of drug-likeness (QED) is 0.209. The number of fused-ring (bicyclic) bond motifs is 1. The summed E-state index contributed by atoms with van der Waals surface area (Å²) in [5.74, 6) is -1.43. The molecule has 0 saturated carbocycles. The van der Waals surface area contributed by atoms with Crippen LogP contribution in [-0.4, -0.2) is 22.0 Å². The topological polar surface area (TPSA) is 67.0 Å². The Morgan fingerprint density at radius 1 is 0.950 bits per heavy atom. The zero-order valence-electron chi connectivity index (χ0n) is 22.0. The van der Waals surface area contributed by atoms with Gasteiger partial charge in [-0.25, -0.2) is 13.2 Å². The highest BCUT2D eigenvalue weighted by Crippen LogP contribution is 2.31. The van der Waals surface area contributed by atoms with Crippen molar-refractivity contribution in [3.63, 3.8) is 0 Å². The fourth-order valence-electron chi connectivity index (χ4n) is 4.82. The van der Waals surface area contributed by atoms with Crippen LogP contribution in [-0.2, 0) is 17.6 Å². The molecule has 1 atom stereocenters. The van der Waals surface area contributed by atoms with Crippen molar-refractivity contribution < 1.29 is 22.7 Å². The van der Waals surface area contributed by atoms with Crippen molar-refractivity contribution in [1.29, 1.82) is 0 Å². The van der Waals surface area contributed by atoms with Gasteiger partial charge in [0.15, 0.2) is 0 Å². The maximum atomic E-state index is 14.1. The molecule has 0 aliphatic heterocycles. The number of amides is 1. The van der Waals surface area contributed by atoms with Crippen molar-refractivity contribution in [2.24, 2.45) is 0 Å². The third-order valence-corrected chi connectivity index (χ3v) is 6.48. The van der Waals surface area contributed by atoms with E-state index < -0.39 is 23.5 Å². The molecule has 3 aromatic carbocycles. The minimum Gasteiger partial charge on any atom is -0.491 e. The summed E-state index contributed by atoms with van der Waals surface area (Å²) in [5.41, 5.74) is 3.86. The summed E-state index contributed by atoms with van der Waals surface area (Å²) < 4.78 is 47.7. The van der Waals surface area contributed by atoms with Gasteiger partial charge in [-0.3, -0.25) is 9.78 Å². The summed E-state index contributed by atoms with van der Waals surface area (Å²) in [4.78, 5) is 21.0. The van der Waals surface area contributed by atoms with Crippen LogP contribution in [0.1, 0.15) is 36.7 Å². The standard InChI is InChI=1S/C32H28F3N3O2/c1-19(2)40-26-8-5-21(6-9-26)27-4-3-11-36-32(27)30(14-20-12-24(34)16-25(35)13-20)38-31(39)15-22-18-37-29-10-7-23(33)17-28(22)29/h3-13,16-19,30,37H,14-15H2,1-2H3,(H,38,39). The number of rotatable bonds is 9. The molecule has 40 heavy (non-hydrogen) atoms. The van der Waals surface area contributed by atoms with E-state index in [0.717, 1.165) is 22.9 Å². The average molecular weight is 544 g/mol. The number of ether oxygens (including phenoxy) is 1. The molecule has 0 aliphatic rings. The van der Waals surface area contributed by atoms with Crippen LogP contribution in [0.15, 0.2) is 85.2 Å². The summed E-state index contributed by atoms with van der Waals surface area (Å²) in [6.07, 6.45) is 3.39. The zero-order valence-corrected chi connectivity index (χ0v) is 22.0. The monoisotopic (exact) mass is 543 g/mol. The minimum atomic E-state index is -0.710. The number of nitrogens with zero attached hydrogens (tertiary/aromatic N) is 1. The molecule has 2 heterocycles. The third-order valence-electron chi connectivity index (χ3n) is 6.48. The van der Waals surface area contributed by atoms with Gasteiger partial charge in [0.05, 0.1) is 24.3 Å². The second-order valence-corrected chi connectivity index (χ2v) is 9.91. The number of hydrogen-bond donors (Lipinski definition) is 2. The Morgan fingerprint density at radius 2 is 1.70 bits per heavy atom. The molecule has 204 valence electrons. The molecule has 0 bridgehead atoms. The summed E-state index contributed by atoms with van der Waals surface area (Å²) in [5, 5.41) is 3.62. The molecule has 0 saturated heterocycles. The lowest BCUT2D eigenvalue weighted by Crippen LogP contribution is -2.32. The van der Waals surface area contributed by atoms with Gasteiger partial charge in [-0.1, -0.05) is 18.2 Å². The molecule has 0 aliphatic carbocycles. The second kappa shape index (κ2) is 11.7. The van der Waals surface area contributed by atoms with Crippen molar-refractivity contribution in [2.75, 3.05) is 0 Å². The highest BCUT2D eigenvalue weighted by molar-refractivity contribution is 5.89. The van der Waals surface area contributed by atoms with Crippen LogP contribution in [0.4, 0.5) is 13.2 Å². The SMILES string of the molecule is CC(C)Oc1ccc(-c2cccnc2C(Cc2cc(F)cc(F)c2)NC(=O)Cc2c[nH]c3ccc(F)cc23)cc1. The lowest BCUT2D eigenvalue weighted by atomic mass is 9.95. The Bertz CT molecular complexity index is 1630. The summed E-state index contributed by atoms with van der Waals surface area (Å²) in [6.45, 7) is 3.89. The van der Waals surface area contributed by atoms with Crippen molar-refractivity contribution in [3.8, 4) is 16.9 Å². The maximum absolute atomic E-state index is 14.1. The fourth-order valence-corrected chi connectivity index (χ4v) is 4.82. The number of pyridine rings is 1. The van der Waals surface area contributed by atoms with Gasteiger partial charge in [-0.05, 0) is 85.5 Å². The Kier molecular flexibility index (Phi) is 7.86. The molecular formula is C32H28F3N3O2. The lowest BCUT2D eigenvalue weighted by molar-refractivity contribution is -0.121. The first-order valence-electron chi connectivity index (χ1n) is 13.0. The van der Waals surface area contributed by atoms with Gasteiger partial charge in [0.25, 0.3) is 0 Å². The molecule has 0 spiro atoms. The summed E-state index contributed by atoms with van der Waals surface area (Å²) in [7, 11) is 0. The number of aromatic amines is 1. The van der Waals surface area contributed by atoms with Crippen LogP contribution >= 0.6 is 0 Å². The molecule has 5 rings (SSSR count). The van der Waals surface area contributed by atoms with E-state index in [4.69, 9.17) is 4.74 Å². The Morgan fingerprint density at radius 3 is 2.42 bits per heavy atom. The van der Waals surface area contributed by atoms with E-state index in [1.54, 1.807) is 24.5 Å². The van der Waals surface area contributed by atoms with Gasteiger partial charge in [0, 0.05) is 34.9 Å². The van der Waals surface area contributed by atoms with E-state index in [9.17, 15) is 18.0 Å². The largest absolute Gasteiger partial charge is 0.491 e. The number of nitrogens with one attached hydrogen (secondary N) is 2. The lowest BCUT2D eigenvalue weighted by Gasteiger charge is -2.22. The fraction of sp³-hybridized carbons (Fsp3) is 0.188. The highest BCUT2D eigenvalue weighted by atomic mass is 19.1. The van der Waals surface area contributed by atoms with Crippen molar-refractivity contribution in [3.05, 3.63) is 119 Å². The summed E-state index contributed by atoms with van der Waals surface area (Å²) >= 11 is 0. The predicted octanol–water partition coefficient (Wildman–Crippen LogP) is 7.08. The first-order chi connectivity index (χ1) is 19.2. The van der Waals surface area contributed by atoms with Crippen LogP contribution in [0.25, 0.3) is 22.0 Å². The first-order valence-corrected chi connectivity index (χ1v) is 13.0. The first kappa shape index (κ1) is 27.0. The smallest absolute Gasteiger partial charge is 0.225 e. The minimum absolute atomic E-state index is 0.0269. The van der Waals surface area contributed by atoms with Crippen molar-refractivity contribution >= 4 is 16.8 Å². The highest BCUT2D eigenvalue weighted by Gasteiger charge is 2.22. The Balaban J connectivity index is 1.48. The molecule has 2 N–H and O–H groups in total. The third kappa shape index (κ3) is 6.34. The molecule has 5 aromatic rings. The number of halogens is 3. The Labute approximate surface area is 230 Å². The molecular weight excluding hydrogens is 515 g/mol. The zero-order chi connectivity index (χ0) is 28.2. The molecule has 0 radical (unpaired) electrons. The van der Waals surface area contributed by atoms with E-state index in [1.165, 1.54) is 24.3 Å². The molecule has 5 nitrogen and oxygen atoms in total. The summed E-state index contributed by atoms with van der Waals surface area (Å²) in [6, 6.07) is 18.1. The van der Waals surface area contributed by atoms with Gasteiger partial charge >= 0.3 is 0 Å². The normalized spacial score (nSPS) is 12.1. The van der Waals surface area contributed by atoms with Crippen LogP contribution in [0, 0.1) is 17.5 Å². The van der Waals surface area contributed by atoms with E-state index in [1.807, 2.05) is 44.2 Å².